The highest BCUT2D eigenvalue weighted by Crippen LogP contribution is 2.40. The molecule has 2 aliphatic carbocycles. The molecule has 1 heterocycles. The standard InChI is InChI=1S/C17H19FN4O/c1-23-15-7-6-12(8-13(15)18)19-16-9-14(10-2-3-10)21-17(22-16)20-11-4-5-11/h6-11H,2-5H2,1H3,(H2,19,20,21,22). The molecule has 1 aromatic carbocycles. The normalized spacial score (nSPS) is 17.0. The summed E-state index contributed by atoms with van der Waals surface area (Å²) in [7, 11) is 1.45. The summed E-state index contributed by atoms with van der Waals surface area (Å²) in [5.74, 6) is 1.72. The minimum absolute atomic E-state index is 0.230. The van der Waals surface area contributed by atoms with Gasteiger partial charge < -0.3 is 15.4 Å². The Labute approximate surface area is 134 Å². The maximum atomic E-state index is 13.8. The molecule has 0 radical (unpaired) electrons. The summed E-state index contributed by atoms with van der Waals surface area (Å²) in [6.45, 7) is 0. The fraction of sp³-hybridized carbons (Fsp3) is 0.412. The molecule has 120 valence electrons. The van der Waals surface area contributed by atoms with E-state index in [1.807, 2.05) is 6.07 Å². The minimum atomic E-state index is -0.398. The SMILES string of the molecule is COc1ccc(Nc2cc(C3CC3)nc(NC3CC3)n2)cc1F. The molecule has 1 aromatic heterocycles. The van der Waals surface area contributed by atoms with Crippen molar-refractivity contribution in [2.75, 3.05) is 17.7 Å². The van der Waals surface area contributed by atoms with E-state index in [0.717, 1.165) is 5.69 Å². The minimum Gasteiger partial charge on any atom is -0.494 e. The van der Waals surface area contributed by atoms with E-state index in [2.05, 4.69) is 20.6 Å². The van der Waals surface area contributed by atoms with Crippen LogP contribution in [0.25, 0.3) is 0 Å². The van der Waals surface area contributed by atoms with E-state index < -0.39 is 5.82 Å². The number of nitrogens with one attached hydrogen (secondary N) is 2. The highest BCUT2D eigenvalue weighted by Gasteiger charge is 2.27. The van der Waals surface area contributed by atoms with Crippen LogP contribution >= 0.6 is 0 Å². The Balaban J connectivity index is 1.59. The lowest BCUT2D eigenvalue weighted by Gasteiger charge is -2.11. The number of ether oxygens (including phenoxy) is 1. The van der Waals surface area contributed by atoms with Crippen molar-refractivity contribution in [1.82, 2.24) is 9.97 Å². The maximum absolute atomic E-state index is 13.8. The van der Waals surface area contributed by atoms with Gasteiger partial charge in [0.05, 0.1) is 12.8 Å². The van der Waals surface area contributed by atoms with Crippen molar-refractivity contribution >= 4 is 17.5 Å². The van der Waals surface area contributed by atoms with Crippen LogP contribution in [-0.2, 0) is 0 Å². The van der Waals surface area contributed by atoms with Gasteiger partial charge in [0.25, 0.3) is 0 Å². The predicted molar refractivity (Wildman–Crippen MR) is 86.9 cm³/mol. The summed E-state index contributed by atoms with van der Waals surface area (Å²) in [5.41, 5.74) is 1.70. The molecule has 0 spiro atoms. The van der Waals surface area contributed by atoms with E-state index in [0.29, 0.717) is 29.4 Å². The van der Waals surface area contributed by atoms with Crippen LogP contribution in [0.15, 0.2) is 24.3 Å². The van der Waals surface area contributed by atoms with Crippen molar-refractivity contribution in [1.29, 1.82) is 0 Å². The van der Waals surface area contributed by atoms with E-state index in [1.54, 1.807) is 12.1 Å². The Morgan fingerprint density at radius 2 is 1.96 bits per heavy atom. The molecular formula is C17H19FN4O. The lowest BCUT2D eigenvalue weighted by Crippen LogP contribution is -2.08. The van der Waals surface area contributed by atoms with E-state index >= 15 is 0 Å². The number of hydrogen-bond acceptors (Lipinski definition) is 5. The van der Waals surface area contributed by atoms with Crippen molar-refractivity contribution in [3.8, 4) is 5.75 Å². The second-order valence-electron chi connectivity index (χ2n) is 6.17. The molecule has 0 aliphatic heterocycles. The number of methoxy groups -OCH3 is 1. The van der Waals surface area contributed by atoms with Gasteiger partial charge in [0.1, 0.15) is 5.82 Å². The van der Waals surface area contributed by atoms with Crippen molar-refractivity contribution in [2.24, 2.45) is 0 Å². The molecule has 4 rings (SSSR count). The van der Waals surface area contributed by atoms with Crippen LogP contribution in [0, 0.1) is 5.82 Å². The van der Waals surface area contributed by atoms with Crippen LogP contribution in [0.1, 0.15) is 37.3 Å². The van der Waals surface area contributed by atoms with Crippen molar-refractivity contribution in [3.63, 3.8) is 0 Å². The zero-order valence-corrected chi connectivity index (χ0v) is 13.0. The van der Waals surface area contributed by atoms with Crippen LogP contribution in [0.3, 0.4) is 0 Å². The van der Waals surface area contributed by atoms with Crippen LogP contribution in [0.2, 0.25) is 0 Å². The fourth-order valence-corrected chi connectivity index (χ4v) is 2.49. The van der Waals surface area contributed by atoms with E-state index in [9.17, 15) is 4.39 Å². The molecular weight excluding hydrogens is 295 g/mol. The summed E-state index contributed by atoms with van der Waals surface area (Å²) < 4.78 is 18.8. The van der Waals surface area contributed by atoms with Gasteiger partial charge in [0.15, 0.2) is 11.6 Å². The number of anilines is 3. The smallest absolute Gasteiger partial charge is 0.225 e. The average Bonchev–Trinajstić information content (AvgIpc) is 3.41. The Morgan fingerprint density at radius 3 is 2.61 bits per heavy atom. The Hall–Kier alpha value is -2.37. The van der Waals surface area contributed by atoms with Gasteiger partial charge in [-0.05, 0) is 37.8 Å². The third kappa shape index (κ3) is 3.36. The highest BCUT2D eigenvalue weighted by molar-refractivity contribution is 5.59. The quantitative estimate of drug-likeness (QED) is 0.849. The highest BCUT2D eigenvalue weighted by atomic mass is 19.1. The first-order chi connectivity index (χ1) is 11.2. The number of hydrogen-bond donors (Lipinski definition) is 2. The molecule has 2 aliphatic rings. The largest absolute Gasteiger partial charge is 0.494 e. The molecule has 2 N–H and O–H groups in total. The molecule has 23 heavy (non-hydrogen) atoms. The summed E-state index contributed by atoms with van der Waals surface area (Å²) in [6, 6.07) is 7.23. The second kappa shape index (κ2) is 5.68. The lowest BCUT2D eigenvalue weighted by atomic mass is 10.2. The third-order valence-electron chi connectivity index (χ3n) is 4.08. The topological polar surface area (TPSA) is 59.1 Å². The average molecular weight is 314 g/mol. The summed E-state index contributed by atoms with van der Waals surface area (Å²) in [4.78, 5) is 9.11. The molecule has 6 heteroatoms. The Morgan fingerprint density at radius 1 is 1.13 bits per heavy atom. The van der Waals surface area contributed by atoms with Crippen LogP contribution in [-0.4, -0.2) is 23.1 Å². The first-order valence-electron chi connectivity index (χ1n) is 7.97. The van der Waals surface area contributed by atoms with Crippen molar-refractivity contribution in [3.05, 3.63) is 35.8 Å². The first kappa shape index (κ1) is 14.2. The summed E-state index contributed by atoms with van der Waals surface area (Å²) in [5, 5.41) is 6.50. The monoisotopic (exact) mass is 314 g/mol. The predicted octanol–water partition coefficient (Wildman–Crippen LogP) is 3.82. The third-order valence-corrected chi connectivity index (χ3v) is 4.08. The zero-order valence-electron chi connectivity index (χ0n) is 13.0. The number of aromatic nitrogens is 2. The summed E-state index contributed by atoms with van der Waals surface area (Å²) in [6.07, 6.45) is 4.69. The number of benzene rings is 1. The van der Waals surface area contributed by atoms with E-state index in [1.165, 1.54) is 38.9 Å². The van der Waals surface area contributed by atoms with Crippen LogP contribution in [0.4, 0.5) is 21.8 Å². The van der Waals surface area contributed by atoms with Gasteiger partial charge in [-0.3, -0.25) is 0 Å². The van der Waals surface area contributed by atoms with Gasteiger partial charge >= 0.3 is 0 Å². The summed E-state index contributed by atoms with van der Waals surface area (Å²) >= 11 is 0. The maximum Gasteiger partial charge on any atom is 0.225 e. The molecule has 2 aromatic rings. The Bertz CT molecular complexity index is 729. The van der Waals surface area contributed by atoms with Crippen molar-refractivity contribution in [2.45, 2.75) is 37.6 Å². The van der Waals surface area contributed by atoms with Crippen LogP contribution < -0.4 is 15.4 Å². The molecule has 0 amide bonds. The van der Waals surface area contributed by atoms with Crippen LogP contribution in [0.5, 0.6) is 5.75 Å². The second-order valence-corrected chi connectivity index (χ2v) is 6.17. The zero-order chi connectivity index (χ0) is 15.8. The molecule has 5 nitrogen and oxygen atoms in total. The molecule has 0 saturated heterocycles. The number of rotatable bonds is 6. The molecule has 2 fully saturated rings. The van der Waals surface area contributed by atoms with Gasteiger partial charge in [-0.1, -0.05) is 0 Å². The molecule has 0 atom stereocenters. The van der Waals surface area contributed by atoms with Gasteiger partial charge in [0.2, 0.25) is 5.95 Å². The van der Waals surface area contributed by atoms with Crippen molar-refractivity contribution < 1.29 is 9.13 Å². The molecule has 2 saturated carbocycles. The van der Waals surface area contributed by atoms with E-state index in [4.69, 9.17) is 4.74 Å². The first-order valence-corrected chi connectivity index (χ1v) is 7.97. The molecule has 0 unspecified atom stereocenters. The fourth-order valence-electron chi connectivity index (χ4n) is 2.49. The lowest BCUT2D eigenvalue weighted by molar-refractivity contribution is 0.386. The Kier molecular flexibility index (Phi) is 3.52. The van der Waals surface area contributed by atoms with Gasteiger partial charge in [-0.15, -0.1) is 0 Å². The van der Waals surface area contributed by atoms with Gasteiger partial charge in [-0.2, -0.15) is 4.98 Å². The molecule has 0 bridgehead atoms. The number of nitrogens with zero attached hydrogens (tertiary/aromatic N) is 2. The number of halogens is 1. The van der Waals surface area contributed by atoms with Gasteiger partial charge in [-0.25, -0.2) is 9.37 Å². The van der Waals surface area contributed by atoms with E-state index in [-0.39, 0.29) is 5.75 Å². The van der Waals surface area contributed by atoms with Gasteiger partial charge in [0, 0.05) is 29.8 Å².